The van der Waals surface area contributed by atoms with Crippen LogP contribution in [0.25, 0.3) is 0 Å². The lowest BCUT2D eigenvalue weighted by Crippen LogP contribution is -2.48. The van der Waals surface area contributed by atoms with E-state index < -0.39 is 17.9 Å². The van der Waals surface area contributed by atoms with Crippen LogP contribution in [0, 0.1) is 5.92 Å². The Balaban J connectivity index is 1.91. The average molecular weight is 270 g/mol. The SMILES string of the molecule is CCCCCCCCCCOC(=O)[C@@H]1C(=O)O[C@H]1C. The molecule has 0 aromatic heterocycles. The second-order valence-corrected chi connectivity index (χ2v) is 5.26. The number of cyclic esters (lactones) is 1. The number of carbonyl (C=O) groups excluding carboxylic acids is 2. The molecule has 19 heavy (non-hydrogen) atoms. The van der Waals surface area contributed by atoms with Crippen molar-refractivity contribution < 1.29 is 19.1 Å². The van der Waals surface area contributed by atoms with Crippen LogP contribution in [0.1, 0.15) is 65.2 Å². The summed E-state index contributed by atoms with van der Waals surface area (Å²) in [6.45, 7) is 4.35. The van der Waals surface area contributed by atoms with Crippen molar-refractivity contribution in [3.63, 3.8) is 0 Å². The van der Waals surface area contributed by atoms with E-state index in [1.165, 1.54) is 38.5 Å². The minimum Gasteiger partial charge on any atom is -0.465 e. The topological polar surface area (TPSA) is 52.6 Å². The molecule has 4 nitrogen and oxygen atoms in total. The largest absolute Gasteiger partial charge is 0.465 e. The van der Waals surface area contributed by atoms with E-state index in [1.807, 2.05) is 0 Å². The Labute approximate surface area is 115 Å². The van der Waals surface area contributed by atoms with Gasteiger partial charge in [-0.05, 0) is 13.3 Å². The van der Waals surface area contributed by atoms with Gasteiger partial charge < -0.3 is 9.47 Å². The molecule has 110 valence electrons. The third-order valence-electron chi connectivity index (χ3n) is 3.52. The van der Waals surface area contributed by atoms with Gasteiger partial charge in [-0.1, -0.05) is 51.9 Å². The van der Waals surface area contributed by atoms with Crippen LogP contribution in [0.5, 0.6) is 0 Å². The van der Waals surface area contributed by atoms with Crippen molar-refractivity contribution in [2.45, 2.75) is 71.3 Å². The van der Waals surface area contributed by atoms with Crippen molar-refractivity contribution in [1.82, 2.24) is 0 Å². The van der Waals surface area contributed by atoms with Crippen LogP contribution in [0.15, 0.2) is 0 Å². The highest BCUT2D eigenvalue weighted by Gasteiger charge is 2.46. The molecule has 0 bridgehead atoms. The zero-order valence-electron chi connectivity index (χ0n) is 12.2. The summed E-state index contributed by atoms with van der Waals surface area (Å²) in [4.78, 5) is 22.5. The Bertz CT molecular complexity index is 288. The van der Waals surface area contributed by atoms with Crippen LogP contribution in [-0.4, -0.2) is 24.6 Å². The number of ether oxygens (including phenoxy) is 2. The highest BCUT2D eigenvalue weighted by atomic mass is 16.6. The molecule has 0 saturated carbocycles. The third-order valence-corrected chi connectivity index (χ3v) is 3.52. The molecule has 2 atom stereocenters. The number of unbranched alkanes of at least 4 members (excludes halogenated alkanes) is 7. The summed E-state index contributed by atoms with van der Waals surface area (Å²) >= 11 is 0. The fraction of sp³-hybridized carbons (Fsp3) is 0.867. The van der Waals surface area contributed by atoms with Gasteiger partial charge in [-0.2, -0.15) is 0 Å². The first-order valence-electron chi connectivity index (χ1n) is 7.54. The van der Waals surface area contributed by atoms with E-state index in [2.05, 4.69) is 6.92 Å². The van der Waals surface area contributed by atoms with E-state index in [0.29, 0.717) is 6.61 Å². The Hall–Kier alpha value is -1.06. The standard InChI is InChI=1S/C15H26O4/c1-3-4-5-6-7-8-9-10-11-18-14(16)13-12(2)19-15(13)17/h12-13H,3-11H2,1-2H3/t12-,13+/m0/s1. The molecule has 1 aliphatic heterocycles. The van der Waals surface area contributed by atoms with E-state index >= 15 is 0 Å². The Morgan fingerprint density at radius 3 is 2.21 bits per heavy atom. The maximum Gasteiger partial charge on any atom is 0.324 e. The smallest absolute Gasteiger partial charge is 0.324 e. The molecule has 0 unspecified atom stereocenters. The molecule has 0 aromatic carbocycles. The molecule has 4 heteroatoms. The zero-order valence-corrected chi connectivity index (χ0v) is 12.2. The van der Waals surface area contributed by atoms with Gasteiger partial charge in [0.2, 0.25) is 0 Å². The maximum absolute atomic E-state index is 11.5. The lowest BCUT2D eigenvalue weighted by molar-refractivity contribution is -0.192. The lowest BCUT2D eigenvalue weighted by atomic mass is 9.99. The Morgan fingerprint density at radius 1 is 1.11 bits per heavy atom. The summed E-state index contributed by atoms with van der Waals surface area (Å²) in [5, 5.41) is 0. The number of esters is 2. The highest BCUT2D eigenvalue weighted by Crippen LogP contribution is 2.23. The molecule has 1 heterocycles. The molecule has 0 N–H and O–H groups in total. The van der Waals surface area contributed by atoms with E-state index in [4.69, 9.17) is 9.47 Å². The third kappa shape index (κ3) is 5.62. The quantitative estimate of drug-likeness (QED) is 0.347. The predicted molar refractivity (Wildman–Crippen MR) is 72.6 cm³/mol. The summed E-state index contributed by atoms with van der Waals surface area (Å²) in [7, 11) is 0. The number of carbonyl (C=O) groups is 2. The van der Waals surface area contributed by atoms with E-state index in [0.717, 1.165) is 12.8 Å². The molecule has 1 rings (SSSR count). The number of hydrogen-bond acceptors (Lipinski definition) is 4. The van der Waals surface area contributed by atoms with Crippen molar-refractivity contribution in [2.24, 2.45) is 5.92 Å². The van der Waals surface area contributed by atoms with Gasteiger partial charge >= 0.3 is 11.9 Å². The minimum absolute atomic E-state index is 0.321. The van der Waals surface area contributed by atoms with Crippen molar-refractivity contribution in [1.29, 1.82) is 0 Å². The molecule has 1 saturated heterocycles. The van der Waals surface area contributed by atoms with E-state index in [1.54, 1.807) is 6.92 Å². The minimum atomic E-state index is -0.686. The molecule has 0 aromatic rings. The van der Waals surface area contributed by atoms with Crippen LogP contribution in [-0.2, 0) is 19.1 Å². The molecular formula is C15H26O4. The molecular weight excluding hydrogens is 244 g/mol. The first kappa shape index (κ1) is 16.0. The highest BCUT2D eigenvalue weighted by molar-refractivity contribution is 5.99. The van der Waals surface area contributed by atoms with Gasteiger partial charge in [0.1, 0.15) is 6.10 Å². The van der Waals surface area contributed by atoms with Crippen LogP contribution in [0.3, 0.4) is 0 Å². The van der Waals surface area contributed by atoms with Crippen LogP contribution >= 0.6 is 0 Å². The molecule has 1 fully saturated rings. The molecule has 0 radical (unpaired) electrons. The van der Waals surface area contributed by atoms with Crippen molar-refractivity contribution in [3.05, 3.63) is 0 Å². The first-order valence-corrected chi connectivity index (χ1v) is 7.54. The van der Waals surface area contributed by atoms with Crippen LogP contribution in [0.2, 0.25) is 0 Å². The van der Waals surface area contributed by atoms with Gasteiger partial charge in [0.25, 0.3) is 0 Å². The second-order valence-electron chi connectivity index (χ2n) is 5.26. The van der Waals surface area contributed by atoms with Crippen LogP contribution < -0.4 is 0 Å². The van der Waals surface area contributed by atoms with E-state index in [-0.39, 0.29) is 6.10 Å². The summed E-state index contributed by atoms with van der Waals surface area (Å²) in [6, 6.07) is 0. The summed E-state index contributed by atoms with van der Waals surface area (Å²) in [5.41, 5.74) is 0. The molecule has 0 spiro atoms. The maximum atomic E-state index is 11.5. The van der Waals surface area contributed by atoms with Crippen molar-refractivity contribution >= 4 is 11.9 Å². The van der Waals surface area contributed by atoms with Crippen molar-refractivity contribution in [2.75, 3.05) is 6.61 Å². The molecule has 1 aliphatic rings. The lowest BCUT2D eigenvalue weighted by Gasteiger charge is -2.30. The predicted octanol–water partition coefficient (Wildman–Crippen LogP) is 3.23. The van der Waals surface area contributed by atoms with Gasteiger partial charge in [0, 0.05) is 0 Å². The average Bonchev–Trinajstić information content (AvgIpc) is 2.36. The molecule has 0 aliphatic carbocycles. The zero-order chi connectivity index (χ0) is 14.1. The van der Waals surface area contributed by atoms with Crippen LogP contribution in [0.4, 0.5) is 0 Å². The summed E-state index contributed by atoms with van der Waals surface area (Å²) in [6.07, 6.45) is 9.35. The van der Waals surface area contributed by atoms with E-state index in [9.17, 15) is 9.59 Å². The van der Waals surface area contributed by atoms with Gasteiger partial charge in [-0.25, -0.2) is 0 Å². The fourth-order valence-corrected chi connectivity index (χ4v) is 2.23. The Morgan fingerprint density at radius 2 is 1.68 bits per heavy atom. The van der Waals surface area contributed by atoms with Gasteiger partial charge in [-0.15, -0.1) is 0 Å². The fourth-order valence-electron chi connectivity index (χ4n) is 2.23. The van der Waals surface area contributed by atoms with Crippen molar-refractivity contribution in [3.8, 4) is 0 Å². The second kappa shape index (κ2) is 8.94. The first-order chi connectivity index (χ1) is 9.16. The monoisotopic (exact) mass is 270 g/mol. The molecule has 0 amide bonds. The summed E-state index contributed by atoms with van der Waals surface area (Å²) in [5.74, 6) is -1.56. The number of hydrogen-bond donors (Lipinski definition) is 0. The normalized spacial score (nSPS) is 21.7. The van der Waals surface area contributed by atoms with Gasteiger partial charge in [0.15, 0.2) is 5.92 Å². The van der Waals surface area contributed by atoms with Gasteiger partial charge in [-0.3, -0.25) is 9.59 Å². The van der Waals surface area contributed by atoms with Gasteiger partial charge in [0.05, 0.1) is 6.61 Å². The number of rotatable bonds is 10. The summed E-state index contributed by atoms with van der Waals surface area (Å²) < 4.78 is 9.82. The Kier molecular flexibility index (Phi) is 7.53.